The van der Waals surface area contributed by atoms with Crippen LogP contribution in [0.5, 0.6) is 0 Å². The molecule has 0 unspecified atom stereocenters. The molecule has 0 amide bonds. The van der Waals surface area contributed by atoms with Crippen LogP contribution < -0.4 is 0 Å². The normalized spacial score (nSPS) is 24.8. The minimum atomic E-state index is -4.47. The van der Waals surface area contributed by atoms with Crippen molar-refractivity contribution in [2.24, 2.45) is 11.8 Å². The SMILES string of the molecule is O=C(O)[C@@H]1CN(Cc2sccc2Br)C[C@H]1C(F)(F)F. The fraction of sp³-hybridized carbons (Fsp3) is 0.545. The van der Waals surface area contributed by atoms with E-state index in [1.807, 2.05) is 11.4 Å². The summed E-state index contributed by atoms with van der Waals surface area (Å²) < 4.78 is 39.3. The van der Waals surface area contributed by atoms with Crippen molar-refractivity contribution in [2.45, 2.75) is 12.7 Å². The highest BCUT2D eigenvalue weighted by atomic mass is 79.9. The van der Waals surface area contributed by atoms with Crippen molar-refractivity contribution >= 4 is 33.2 Å². The van der Waals surface area contributed by atoms with Crippen molar-refractivity contribution < 1.29 is 23.1 Å². The van der Waals surface area contributed by atoms with E-state index in [0.717, 1.165) is 9.35 Å². The Morgan fingerprint density at radius 1 is 1.53 bits per heavy atom. The first-order chi connectivity index (χ1) is 8.79. The Balaban J connectivity index is 2.10. The van der Waals surface area contributed by atoms with E-state index in [-0.39, 0.29) is 13.1 Å². The molecule has 106 valence electrons. The maximum absolute atomic E-state index is 12.8. The molecule has 0 aliphatic carbocycles. The van der Waals surface area contributed by atoms with Crippen molar-refractivity contribution in [2.75, 3.05) is 13.1 Å². The number of carbonyl (C=O) groups is 1. The van der Waals surface area contributed by atoms with Crippen LogP contribution in [0.3, 0.4) is 0 Å². The summed E-state index contributed by atoms with van der Waals surface area (Å²) in [5.74, 6) is -4.54. The van der Waals surface area contributed by atoms with Gasteiger partial charge in [-0.2, -0.15) is 13.2 Å². The van der Waals surface area contributed by atoms with Crippen molar-refractivity contribution in [3.63, 3.8) is 0 Å². The smallest absolute Gasteiger partial charge is 0.393 e. The Labute approximate surface area is 120 Å². The van der Waals surface area contributed by atoms with Crippen LogP contribution >= 0.6 is 27.3 Å². The Morgan fingerprint density at radius 3 is 2.63 bits per heavy atom. The molecule has 2 rings (SSSR count). The molecule has 0 saturated carbocycles. The second-order valence-corrected chi connectivity index (χ2v) is 6.33. The van der Waals surface area contributed by atoms with Gasteiger partial charge in [-0.1, -0.05) is 0 Å². The van der Waals surface area contributed by atoms with E-state index in [9.17, 15) is 18.0 Å². The van der Waals surface area contributed by atoms with E-state index in [1.54, 1.807) is 4.90 Å². The highest BCUT2D eigenvalue weighted by Crippen LogP contribution is 2.38. The molecule has 0 aromatic carbocycles. The van der Waals surface area contributed by atoms with Gasteiger partial charge in [0.1, 0.15) is 0 Å². The molecular formula is C11H11BrF3NO2S. The highest BCUT2D eigenvalue weighted by Gasteiger charge is 2.52. The van der Waals surface area contributed by atoms with Crippen molar-refractivity contribution in [3.8, 4) is 0 Å². The summed E-state index contributed by atoms with van der Waals surface area (Å²) in [4.78, 5) is 13.4. The zero-order valence-electron chi connectivity index (χ0n) is 9.65. The highest BCUT2D eigenvalue weighted by molar-refractivity contribution is 9.10. The molecule has 0 radical (unpaired) electrons. The molecule has 0 bridgehead atoms. The molecule has 1 aliphatic rings. The maximum atomic E-state index is 12.8. The number of nitrogens with zero attached hydrogens (tertiary/aromatic N) is 1. The molecule has 1 aliphatic heterocycles. The van der Waals surface area contributed by atoms with Crippen LogP contribution in [0.15, 0.2) is 15.9 Å². The third kappa shape index (κ3) is 3.29. The summed E-state index contributed by atoms with van der Waals surface area (Å²) in [5, 5.41) is 10.8. The summed E-state index contributed by atoms with van der Waals surface area (Å²) in [6.45, 7) is 0.0171. The number of rotatable bonds is 3. The standard InChI is InChI=1S/C11H11BrF3NO2S/c12-8-1-2-19-9(8)5-16-3-6(10(17)18)7(4-16)11(13,14)15/h1-2,6-7H,3-5H2,(H,17,18)/t6-,7-/m1/s1. The van der Waals surface area contributed by atoms with Gasteiger partial charge in [0.15, 0.2) is 0 Å². The summed E-state index contributed by atoms with van der Waals surface area (Å²) in [6.07, 6.45) is -4.47. The number of likely N-dealkylation sites (tertiary alicyclic amines) is 1. The van der Waals surface area contributed by atoms with E-state index in [2.05, 4.69) is 15.9 Å². The molecular weight excluding hydrogens is 347 g/mol. The molecule has 2 heterocycles. The fourth-order valence-corrected chi connectivity index (χ4v) is 3.76. The quantitative estimate of drug-likeness (QED) is 0.902. The van der Waals surface area contributed by atoms with Crippen LogP contribution in [-0.4, -0.2) is 35.2 Å². The van der Waals surface area contributed by atoms with Crippen LogP contribution in [0.2, 0.25) is 0 Å². The lowest BCUT2D eigenvalue weighted by molar-refractivity contribution is -0.188. The zero-order chi connectivity index (χ0) is 14.2. The van der Waals surface area contributed by atoms with Gasteiger partial charge in [-0.3, -0.25) is 9.69 Å². The Kier molecular flexibility index (Phi) is 4.22. The molecule has 1 N–H and O–H groups in total. The van der Waals surface area contributed by atoms with Gasteiger partial charge in [-0.15, -0.1) is 11.3 Å². The maximum Gasteiger partial charge on any atom is 0.393 e. The summed E-state index contributed by atoms with van der Waals surface area (Å²) in [6, 6.07) is 1.83. The molecule has 19 heavy (non-hydrogen) atoms. The van der Waals surface area contributed by atoms with Gasteiger partial charge in [0, 0.05) is 29.0 Å². The largest absolute Gasteiger partial charge is 0.481 e. The predicted molar refractivity (Wildman–Crippen MR) is 68.0 cm³/mol. The summed E-state index contributed by atoms with van der Waals surface area (Å²) >= 11 is 4.75. The number of alkyl halides is 3. The van der Waals surface area contributed by atoms with Crippen molar-refractivity contribution in [1.29, 1.82) is 0 Å². The average molecular weight is 358 g/mol. The summed E-state index contributed by atoms with van der Waals surface area (Å²) in [7, 11) is 0. The molecule has 8 heteroatoms. The Hall–Kier alpha value is -0.600. The minimum Gasteiger partial charge on any atom is -0.481 e. The fourth-order valence-electron chi connectivity index (χ4n) is 2.24. The number of halogens is 4. The molecule has 1 aromatic heterocycles. The van der Waals surface area contributed by atoms with Crippen LogP contribution in [0, 0.1) is 11.8 Å². The minimum absolute atomic E-state index is 0.0656. The van der Waals surface area contributed by atoms with Gasteiger partial charge < -0.3 is 5.11 Å². The van der Waals surface area contributed by atoms with Crippen LogP contribution in [0.25, 0.3) is 0 Å². The first kappa shape index (κ1) is 14.8. The predicted octanol–water partition coefficient (Wildman–Crippen LogP) is 3.21. The first-order valence-corrected chi connectivity index (χ1v) is 7.20. The molecule has 3 nitrogen and oxygen atoms in total. The van der Waals surface area contributed by atoms with Gasteiger partial charge in [-0.05, 0) is 27.4 Å². The van der Waals surface area contributed by atoms with E-state index in [4.69, 9.17) is 5.11 Å². The summed E-state index contributed by atoms with van der Waals surface area (Å²) in [5.41, 5.74) is 0. The number of aliphatic carboxylic acids is 1. The van der Waals surface area contributed by atoms with Crippen LogP contribution in [-0.2, 0) is 11.3 Å². The number of carboxylic acid groups (broad SMARTS) is 1. The van der Waals surface area contributed by atoms with Crippen LogP contribution in [0.1, 0.15) is 4.88 Å². The van der Waals surface area contributed by atoms with Gasteiger partial charge in [0.05, 0.1) is 11.8 Å². The monoisotopic (exact) mass is 357 g/mol. The molecule has 2 atom stereocenters. The van der Waals surface area contributed by atoms with Gasteiger partial charge >= 0.3 is 12.1 Å². The number of carboxylic acids is 1. The number of thiophene rings is 1. The third-order valence-electron chi connectivity index (χ3n) is 3.19. The Bertz CT molecular complexity index is 477. The number of hydrogen-bond donors (Lipinski definition) is 1. The van der Waals surface area contributed by atoms with E-state index >= 15 is 0 Å². The van der Waals surface area contributed by atoms with E-state index in [1.165, 1.54) is 11.3 Å². The van der Waals surface area contributed by atoms with Crippen LogP contribution in [0.4, 0.5) is 13.2 Å². The topological polar surface area (TPSA) is 40.5 Å². The van der Waals surface area contributed by atoms with Crippen molar-refractivity contribution in [3.05, 3.63) is 20.8 Å². The first-order valence-electron chi connectivity index (χ1n) is 5.52. The van der Waals surface area contributed by atoms with Gasteiger partial charge in [0.25, 0.3) is 0 Å². The molecule has 1 aromatic rings. The van der Waals surface area contributed by atoms with Gasteiger partial charge in [0.2, 0.25) is 0 Å². The number of hydrogen-bond acceptors (Lipinski definition) is 3. The second kappa shape index (κ2) is 5.41. The van der Waals surface area contributed by atoms with E-state index in [0.29, 0.717) is 6.54 Å². The third-order valence-corrected chi connectivity index (χ3v) is 5.10. The second-order valence-electron chi connectivity index (χ2n) is 4.48. The lowest BCUT2D eigenvalue weighted by Gasteiger charge is -2.18. The van der Waals surface area contributed by atoms with E-state index < -0.39 is 24.0 Å². The Morgan fingerprint density at radius 2 is 2.21 bits per heavy atom. The molecule has 0 spiro atoms. The molecule has 1 saturated heterocycles. The van der Waals surface area contributed by atoms with Gasteiger partial charge in [-0.25, -0.2) is 0 Å². The zero-order valence-corrected chi connectivity index (χ0v) is 12.1. The average Bonchev–Trinajstić information content (AvgIpc) is 2.86. The lowest BCUT2D eigenvalue weighted by atomic mass is 9.96. The lowest BCUT2D eigenvalue weighted by Crippen LogP contribution is -2.33. The molecule has 1 fully saturated rings. The van der Waals surface area contributed by atoms with Crippen molar-refractivity contribution in [1.82, 2.24) is 4.90 Å².